The van der Waals surface area contributed by atoms with E-state index in [0.717, 1.165) is 15.2 Å². The molecule has 7 nitrogen and oxygen atoms in total. The van der Waals surface area contributed by atoms with Crippen molar-refractivity contribution < 1.29 is 9.50 Å². The maximum Gasteiger partial charge on any atom is 0.339 e. The molecule has 0 aliphatic rings. The van der Waals surface area contributed by atoms with Crippen LogP contribution in [0.5, 0.6) is 5.75 Å². The molecule has 0 bridgehead atoms. The summed E-state index contributed by atoms with van der Waals surface area (Å²) in [4.78, 5) is 24.3. The Balaban J connectivity index is 3.08. The second kappa shape index (κ2) is 5.01. The van der Waals surface area contributed by atoms with Crippen LogP contribution in [0.4, 0.5) is 10.1 Å². The summed E-state index contributed by atoms with van der Waals surface area (Å²) in [5.74, 6) is -1.86. The number of aromatic nitrogens is 3. The van der Waals surface area contributed by atoms with Gasteiger partial charge in [-0.05, 0) is 18.3 Å². The van der Waals surface area contributed by atoms with Crippen LogP contribution in [0.1, 0.15) is 0 Å². The molecule has 0 aliphatic heterocycles. The van der Waals surface area contributed by atoms with Gasteiger partial charge in [-0.1, -0.05) is 11.6 Å². The lowest BCUT2D eigenvalue weighted by Gasteiger charge is -2.14. The van der Waals surface area contributed by atoms with Gasteiger partial charge in [-0.2, -0.15) is 0 Å². The lowest BCUT2D eigenvalue weighted by atomic mass is 10.2. The maximum atomic E-state index is 14.1. The van der Waals surface area contributed by atoms with Crippen LogP contribution < -0.4 is 17.1 Å². The van der Waals surface area contributed by atoms with Crippen LogP contribution in [0.2, 0.25) is 5.02 Å². The first-order valence-electron chi connectivity index (χ1n) is 5.54. The van der Waals surface area contributed by atoms with Crippen LogP contribution in [-0.2, 0) is 14.1 Å². The number of nitrogens with two attached hydrogens (primary N) is 1. The Hall–Kier alpha value is -2.13. The first-order valence-corrected chi connectivity index (χ1v) is 6.33. The van der Waals surface area contributed by atoms with Crippen molar-refractivity contribution in [1.29, 1.82) is 0 Å². The minimum absolute atomic E-state index is 0.0527. The van der Waals surface area contributed by atoms with E-state index in [4.69, 9.17) is 29.6 Å². The van der Waals surface area contributed by atoms with Gasteiger partial charge < -0.3 is 10.8 Å². The molecule has 3 N–H and O–H groups in total. The average molecular weight is 333 g/mol. The number of phenolic OH excluding ortho intramolecular Hbond substituents is 1. The van der Waals surface area contributed by atoms with Gasteiger partial charge in [-0.3, -0.25) is 9.13 Å². The van der Waals surface area contributed by atoms with Gasteiger partial charge in [0.05, 0.1) is 10.7 Å². The summed E-state index contributed by atoms with van der Waals surface area (Å²) in [6.45, 7) is 0. The zero-order chi connectivity index (χ0) is 16.1. The molecule has 0 atom stereocenters. The topological polar surface area (TPSA) is 95.2 Å². The number of benzene rings is 1. The lowest BCUT2D eigenvalue weighted by Crippen LogP contribution is -2.43. The van der Waals surface area contributed by atoms with Gasteiger partial charge in [-0.25, -0.2) is 18.5 Å². The molecule has 0 saturated carbocycles. The molecular formula is C11H10ClFN4O3S. The molecule has 1 aromatic carbocycles. The van der Waals surface area contributed by atoms with E-state index in [2.05, 4.69) is 0 Å². The molecule has 21 heavy (non-hydrogen) atoms. The summed E-state index contributed by atoms with van der Waals surface area (Å²) in [5.41, 5.74) is 2.65. The van der Waals surface area contributed by atoms with Gasteiger partial charge in [0.25, 0.3) is 0 Å². The van der Waals surface area contributed by atoms with E-state index in [0.29, 0.717) is 4.57 Å². The highest BCUT2D eigenvalue weighted by molar-refractivity contribution is 7.71. The Morgan fingerprint density at radius 2 is 1.76 bits per heavy atom. The van der Waals surface area contributed by atoms with Gasteiger partial charge >= 0.3 is 11.4 Å². The Morgan fingerprint density at radius 1 is 1.29 bits per heavy atom. The smallest absolute Gasteiger partial charge is 0.339 e. The summed E-state index contributed by atoms with van der Waals surface area (Å²) < 4.78 is 16.4. The van der Waals surface area contributed by atoms with E-state index >= 15 is 0 Å². The largest absolute Gasteiger partial charge is 0.504 e. The number of nitrogens with zero attached hydrogens (tertiary/aromatic N) is 3. The third-order valence-corrected chi connectivity index (χ3v) is 3.83. The Bertz CT molecular complexity index is 891. The number of nitrogen functional groups attached to an aromatic ring is 1. The minimum atomic E-state index is -1.07. The van der Waals surface area contributed by atoms with E-state index in [-0.39, 0.29) is 15.5 Å². The van der Waals surface area contributed by atoms with Crippen molar-refractivity contribution in [3.63, 3.8) is 0 Å². The molecule has 0 unspecified atom stereocenters. The molecule has 0 fully saturated rings. The third-order valence-electron chi connectivity index (χ3n) is 2.97. The molecule has 10 heteroatoms. The predicted molar refractivity (Wildman–Crippen MR) is 78.1 cm³/mol. The van der Waals surface area contributed by atoms with E-state index in [1.165, 1.54) is 14.1 Å². The van der Waals surface area contributed by atoms with Gasteiger partial charge in [0, 0.05) is 14.1 Å². The fourth-order valence-corrected chi connectivity index (χ4v) is 2.13. The molecular weight excluding hydrogens is 323 g/mol. The molecule has 0 amide bonds. The van der Waals surface area contributed by atoms with Crippen LogP contribution in [0, 0.1) is 10.6 Å². The zero-order valence-electron chi connectivity index (χ0n) is 10.9. The minimum Gasteiger partial charge on any atom is -0.504 e. The van der Waals surface area contributed by atoms with E-state index in [1.54, 1.807) is 0 Å². The van der Waals surface area contributed by atoms with Crippen molar-refractivity contribution in [2.45, 2.75) is 0 Å². The number of rotatable bonds is 1. The number of phenols is 1. The second-order valence-corrected chi connectivity index (χ2v) is 5.02. The molecule has 2 aromatic rings. The SMILES string of the molecule is Cn1c(=S)n(C)c(=O)n(-c2c(F)cc(Cl)c(N)c2O)c1=O. The third kappa shape index (κ3) is 2.14. The number of aromatic hydroxyl groups is 1. The molecule has 0 saturated heterocycles. The molecule has 1 aromatic heterocycles. The van der Waals surface area contributed by atoms with Gasteiger partial charge in [-0.15, -0.1) is 0 Å². The van der Waals surface area contributed by atoms with Gasteiger partial charge in [0.15, 0.2) is 16.3 Å². The van der Waals surface area contributed by atoms with Crippen LogP contribution in [0.25, 0.3) is 5.69 Å². The first kappa shape index (κ1) is 15.3. The fraction of sp³-hybridized carbons (Fsp3) is 0.182. The standard InChI is InChI=1S/C11H10ClFN4O3S/c1-15-9(19)17(10(20)16(2)11(15)21)7-5(13)3-4(12)6(14)8(7)18/h3,18H,14H2,1-2H3. The number of hydrogen-bond donors (Lipinski definition) is 2. The van der Waals surface area contributed by atoms with Crippen molar-refractivity contribution in [3.8, 4) is 11.4 Å². The monoisotopic (exact) mass is 332 g/mol. The molecule has 0 radical (unpaired) electrons. The van der Waals surface area contributed by atoms with Crippen molar-refractivity contribution in [1.82, 2.24) is 13.7 Å². The predicted octanol–water partition coefficient (Wildman–Crippen LogP) is 0.684. The highest BCUT2D eigenvalue weighted by atomic mass is 35.5. The lowest BCUT2D eigenvalue weighted by molar-refractivity contribution is 0.461. The molecule has 0 aliphatic carbocycles. The summed E-state index contributed by atoms with van der Waals surface area (Å²) in [7, 11) is 2.63. The molecule has 0 spiro atoms. The van der Waals surface area contributed by atoms with Gasteiger partial charge in [0.1, 0.15) is 5.69 Å². The average Bonchev–Trinajstić information content (AvgIpc) is 2.44. The van der Waals surface area contributed by atoms with Crippen LogP contribution >= 0.6 is 23.8 Å². The number of anilines is 1. The normalized spacial score (nSPS) is 10.9. The Morgan fingerprint density at radius 3 is 2.24 bits per heavy atom. The van der Waals surface area contributed by atoms with Gasteiger partial charge in [0.2, 0.25) is 0 Å². The quantitative estimate of drug-likeness (QED) is 0.455. The van der Waals surface area contributed by atoms with Crippen LogP contribution in [-0.4, -0.2) is 18.8 Å². The van der Waals surface area contributed by atoms with Crippen LogP contribution in [0.3, 0.4) is 0 Å². The van der Waals surface area contributed by atoms with Crippen molar-refractivity contribution >= 4 is 29.5 Å². The number of hydrogen-bond acceptors (Lipinski definition) is 5. The van der Waals surface area contributed by atoms with Crippen LogP contribution in [0.15, 0.2) is 15.7 Å². The summed E-state index contributed by atoms with van der Waals surface area (Å²) in [6.07, 6.45) is 0. The van der Waals surface area contributed by atoms with E-state index < -0.39 is 28.6 Å². The highest BCUT2D eigenvalue weighted by Crippen LogP contribution is 2.35. The molecule has 2 rings (SSSR count). The van der Waals surface area contributed by atoms with Crippen molar-refractivity contribution in [2.24, 2.45) is 14.1 Å². The summed E-state index contributed by atoms with van der Waals surface area (Å²) >= 11 is 10.5. The molecule has 1 heterocycles. The maximum absolute atomic E-state index is 14.1. The summed E-state index contributed by atoms with van der Waals surface area (Å²) in [6, 6.07) is 0.805. The van der Waals surface area contributed by atoms with E-state index in [9.17, 15) is 19.1 Å². The highest BCUT2D eigenvalue weighted by Gasteiger charge is 2.21. The van der Waals surface area contributed by atoms with E-state index in [1.807, 2.05) is 0 Å². The fourth-order valence-electron chi connectivity index (χ4n) is 1.79. The Kier molecular flexibility index (Phi) is 3.64. The summed E-state index contributed by atoms with van der Waals surface area (Å²) in [5, 5.41) is 9.69. The second-order valence-electron chi connectivity index (χ2n) is 4.25. The molecule has 112 valence electrons. The Labute approximate surface area is 127 Å². The number of halogens is 2. The van der Waals surface area contributed by atoms with Crippen molar-refractivity contribution in [2.75, 3.05) is 5.73 Å². The zero-order valence-corrected chi connectivity index (χ0v) is 12.5. The first-order chi connectivity index (χ1) is 9.68. The van der Waals surface area contributed by atoms with Crippen molar-refractivity contribution in [3.05, 3.63) is 42.6 Å².